The van der Waals surface area contributed by atoms with Crippen molar-refractivity contribution in [3.8, 4) is 6.07 Å². The molecule has 2 unspecified atom stereocenters. The lowest BCUT2D eigenvalue weighted by atomic mass is 10.0. The number of amides is 1. The third-order valence-corrected chi connectivity index (χ3v) is 2.55. The molecule has 14 heavy (non-hydrogen) atoms. The summed E-state index contributed by atoms with van der Waals surface area (Å²) in [5, 5.41) is 14.6. The number of carbonyl (C=O) groups is 1. The highest BCUT2D eigenvalue weighted by molar-refractivity contribution is 5.82. The molecule has 0 aromatic rings. The lowest BCUT2D eigenvalue weighted by Gasteiger charge is -2.26. The Morgan fingerprint density at radius 3 is 3.14 bits per heavy atom. The van der Waals surface area contributed by atoms with Crippen LogP contribution in [0.15, 0.2) is 0 Å². The molecule has 2 N–H and O–H groups in total. The van der Waals surface area contributed by atoms with E-state index in [2.05, 4.69) is 16.7 Å². The third kappa shape index (κ3) is 3.00. The van der Waals surface area contributed by atoms with Crippen molar-refractivity contribution in [3.63, 3.8) is 0 Å². The minimum Gasteiger partial charge on any atom is -0.355 e. The Labute approximate surface area is 84.7 Å². The summed E-state index contributed by atoms with van der Waals surface area (Å²) in [6.45, 7) is 2.81. The van der Waals surface area contributed by atoms with E-state index in [1.54, 1.807) is 0 Å². The Morgan fingerprint density at radius 2 is 2.57 bits per heavy atom. The van der Waals surface area contributed by atoms with Crippen molar-refractivity contribution in [2.75, 3.05) is 6.54 Å². The lowest BCUT2D eigenvalue weighted by molar-refractivity contribution is -0.124. The first kappa shape index (κ1) is 11.0. The van der Waals surface area contributed by atoms with E-state index in [1.165, 1.54) is 0 Å². The summed E-state index contributed by atoms with van der Waals surface area (Å²) >= 11 is 0. The molecular formula is C10H17N3O. The van der Waals surface area contributed by atoms with Gasteiger partial charge in [0.25, 0.3) is 0 Å². The highest BCUT2D eigenvalue weighted by Gasteiger charge is 2.23. The van der Waals surface area contributed by atoms with Crippen LogP contribution in [0.5, 0.6) is 0 Å². The number of nitrogens with one attached hydrogen (secondary N) is 2. The SMILES string of the molecule is CCC(CC#N)NC1CCCNC1=O. The van der Waals surface area contributed by atoms with E-state index in [4.69, 9.17) is 5.26 Å². The van der Waals surface area contributed by atoms with Gasteiger partial charge in [0.15, 0.2) is 0 Å². The molecule has 4 heteroatoms. The van der Waals surface area contributed by atoms with Crippen molar-refractivity contribution in [2.45, 2.75) is 44.7 Å². The molecule has 1 saturated heterocycles. The van der Waals surface area contributed by atoms with Crippen molar-refractivity contribution in [1.82, 2.24) is 10.6 Å². The van der Waals surface area contributed by atoms with Gasteiger partial charge in [-0.2, -0.15) is 5.26 Å². The van der Waals surface area contributed by atoms with Crippen LogP contribution in [0, 0.1) is 11.3 Å². The van der Waals surface area contributed by atoms with Crippen LogP contribution >= 0.6 is 0 Å². The van der Waals surface area contributed by atoms with Gasteiger partial charge in [0.1, 0.15) is 0 Å². The zero-order valence-electron chi connectivity index (χ0n) is 8.55. The first-order chi connectivity index (χ1) is 6.77. The summed E-state index contributed by atoms with van der Waals surface area (Å²) in [7, 11) is 0. The normalized spacial score (nSPS) is 23.7. The molecule has 1 rings (SSSR count). The van der Waals surface area contributed by atoms with Crippen molar-refractivity contribution >= 4 is 5.91 Å². The maximum Gasteiger partial charge on any atom is 0.237 e. The van der Waals surface area contributed by atoms with Crippen LogP contribution in [0.3, 0.4) is 0 Å². The molecule has 0 radical (unpaired) electrons. The predicted octanol–water partition coefficient (Wildman–Crippen LogP) is 0.547. The van der Waals surface area contributed by atoms with Crippen LogP contribution in [0.1, 0.15) is 32.6 Å². The van der Waals surface area contributed by atoms with Crippen LogP contribution in [-0.4, -0.2) is 24.5 Å². The molecule has 0 aliphatic carbocycles. The number of piperidine rings is 1. The number of hydrogen-bond acceptors (Lipinski definition) is 3. The number of rotatable bonds is 4. The van der Waals surface area contributed by atoms with Crippen LogP contribution < -0.4 is 10.6 Å². The topological polar surface area (TPSA) is 64.9 Å². The van der Waals surface area contributed by atoms with Gasteiger partial charge in [0.2, 0.25) is 5.91 Å². The van der Waals surface area contributed by atoms with E-state index in [9.17, 15) is 4.79 Å². The highest BCUT2D eigenvalue weighted by atomic mass is 16.2. The van der Waals surface area contributed by atoms with Gasteiger partial charge < -0.3 is 10.6 Å². The second-order valence-corrected chi connectivity index (χ2v) is 3.62. The molecule has 2 atom stereocenters. The Hall–Kier alpha value is -1.08. The van der Waals surface area contributed by atoms with Gasteiger partial charge in [-0.3, -0.25) is 4.79 Å². The standard InChI is InChI=1S/C10H17N3O/c1-2-8(5-6-11)13-9-4-3-7-12-10(9)14/h8-9,13H,2-5,7H2,1H3,(H,12,14). The van der Waals surface area contributed by atoms with E-state index in [0.717, 1.165) is 25.8 Å². The minimum absolute atomic E-state index is 0.0765. The molecule has 4 nitrogen and oxygen atoms in total. The Kier molecular flexibility index (Phi) is 4.41. The second-order valence-electron chi connectivity index (χ2n) is 3.62. The lowest BCUT2D eigenvalue weighted by Crippen LogP contribution is -2.51. The zero-order valence-corrected chi connectivity index (χ0v) is 8.55. The number of hydrogen-bond donors (Lipinski definition) is 2. The van der Waals surface area contributed by atoms with Crippen LogP contribution in [0.4, 0.5) is 0 Å². The highest BCUT2D eigenvalue weighted by Crippen LogP contribution is 2.06. The Bertz CT molecular complexity index is 234. The van der Waals surface area contributed by atoms with Gasteiger partial charge in [0.05, 0.1) is 18.5 Å². The van der Waals surface area contributed by atoms with E-state index in [1.807, 2.05) is 6.92 Å². The minimum atomic E-state index is -0.0953. The van der Waals surface area contributed by atoms with E-state index in [0.29, 0.717) is 6.42 Å². The summed E-state index contributed by atoms with van der Waals surface area (Å²) in [5.41, 5.74) is 0. The maximum absolute atomic E-state index is 11.4. The maximum atomic E-state index is 11.4. The van der Waals surface area contributed by atoms with Crippen molar-refractivity contribution in [1.29, 1.82) is 5.26 Å². The Balaban J connectivity index is 2.40. The fraction of sp³-hybridized carbons (Fsp3) is 0.800. The molecule has 1 aliphatic rings. The van der Waals surface area contributed by atoms with Gasteiger partial charge in [-0.15, -0.1) is 0 Å². The first-order valence-electron chi connectivity index (χ1n) is 5.18. The average molecular weight is 195 g/mol. The smallest absolute Gasteiger partial charge is 0.237 e. The fourth-order valence-electron chi connectivity index (χ4n) is 1.65. The Morgan fingerprint density at radius 1 is 1.79 bits per heavy atom. The van der Waals surface area contributed by atoms with Gasteiger partial charge in [-0.1, -0.05) is 6.92 Å². The molecule has 1 aliphatic heterocycles. The number of nitrogens with zero attached hydrogens (tertiary/aromatic N) is 1. The summed E-state index contributed by atoms with van der Waals surface area (Å²) < 4.78 is 0. The molecule has 1 fully saturated rings. The van der Waals surface area contributed by atoms with Crippen LogP contribution in [0.25, 0.3) is 0 Å². The quantitative estimate of drug-likeness (QED) is 0.688. The van der Waals surface area contributed by atoms with Crippen LogP contribution in [-0.2, 0) is 4.79 Å². The molecule has 0 spiro atoms. The first-order valence-corrected chi connectivity index (χ1v) is 5.18. The van der Waals surface area contributed by atoms with Gasteiger partial charge in [-0.25, -0.2) is 0 Å². The largest absolute Gasteiger partial charge is 0.355 e. The van der Waals surface area contributed by atoms with Crippen molar-refractivity contribution < 1.29 is 4.79 Å². The summed E-state index contributed by atoms with van der Waals surface area (Å²) in [6, 6.07) is 2.18. The molecule has 0 aromatic heterocycles. The third-order valence-electron chi connectivity index (χ3n) is 2.55. The number of nitriles is 1. The summed E-state index contributed by atoms with van der Waals surface area (Å²) in [4.78, 5) is 11.4. The number of carbonyl (C=O) groups excluding carboxylic acids is 1. The van der Waals surface area contributed by atoms with Crippen LogP contribution in [0.2, 0.25) is 0 Å². The van der Waals surface area contributed by atoms with Crippen molar-refractivity contribution in [2.24, 2.45) is 0 Å². The second kappa shape index (κ2) is 5.61. The van der Waals surface area contributed by atoms with E-state index < -0.39 is 0 Å². The molecule has 1 heterocycles. The van der Waals surface area contributed by atoms with Gasteiger partial charge >= 0.3 is 0 Å². The van der Waals surface area contributed by atoms with E-state index in [-0.39, 0.29) is 18.0 Å². The molecule has 0 aromatic carbocycles. The molecule has 78 valence electrons. The fourth-order valence-corrected chi connectivity index (χ4v) is 1.65. The zero-order chi connectivity index (χ0) is 10.4. The monoisotopic (exact) mass is 195 g/mol. The summed E-state index contributed by atoms with van der Waals surface area (Å²) in [6.07, 6.45) is 3.26. The van der Waals surface area contributed by atoms with Gasteiger partial charge in [0, 0.05) is 12.6 Å². The van der Waals surface area contributed by atoms with E-state index >= 15 is 0 Å². The molecule has 1 amide bonds. The van der Waals surface area contributed by atoms with Crippen molar-refractivity contribution in [3.05, 3.63) is 0 Å². The average Bonchev–Trinajstić information content (AvgIpc) is 2.20. The van der Waals surface area contributed by atoms with Gasteiger partial charge in [-0.05, 0) is 19.3 Å². The molecule has 0 bridgehead atoms. The molecular weight excluding hydrogens is 178 g/mol. The molecule has 0 saturated carbocycles. The summed E-state index contributed by atoms with van der Waals surface area (Å²) in [5.74, 6) is 0.0765. The predicted molar refractivity (Wildman–Crippen MR) is 53.5 cm³/mol.